The predicted molar refractivity (Wildman–Crippen MR) is 74.9 cm³/mol. The summed E-state index contributed by atoms with van der Waals surface area (Å²) in [6.45, 7) is 2.12. The van der Waals surface area contributed by atoms with Crippen molar-refractivity contribution in [2.24, 2.45) is 0 Å². The van der Waals surface area contributed by atoms with E-state index in [9.17, 15) is 4.39 Å². The predicted octanol–water partition coefficient (Wildman–Crippen LogP) is 3.34. The van der Waals surface area contributed by atoms with Gasteiger partial charge in [-0.3, -0.25) is 0 Å². The summed E-state index contributed by atoms with van der Waals surface area (Å²) in [6.07, 6.45) is 2.69. The summed E-state index contributed by atoms with van der Waals surface area (Å²) in [6, 6.07) is 5.24. The van der Waals surface area contributed by atoms with Gasteiger partial charge in [0, 0.05) is 30.1 Å². The Morgan fingerprint density at radius 2 is 2.26 bits per heavy atom. The molecule has 2 unspecified atom stereocenters. The summed E-state index contributed by atoms with van der Waals surface area (Å²) in [5.41, 5.74) is 0.386. The highest BCUT2D eigenvalue weighted by Gasteiger charge is 2.41. The number of halogens is 2. The topological polar surface area (TPSA) is 30.5 Å². The Hall–Kier alpha value is -0.650. The molecule has 2 atom stereocenters. The molecule has 1 aromatic rings. The van der Waals surface area contributed by atoms with Gasteiger partial charge in [-0.05, 0) is 40.9 Å². The highest BCUT2D eigenvalue weighted by atomic mass is 79.9. The van der Waals surface area contributed by atoms with Gasteiger partial charge in [-0.2, -0.15) is 0 Å². The smallest absolute Gasteiger partial charge is 0.147 e. The molecule has 2 heterocycles. The Kier molecular flexibility index (Phi) is 3.78. The van der Waals surface area contributed by atoms with Gasteiger partial charge in [0.15, 0.2) is 0 Å². The van der Waals surface area contributed by atoms with E-state index < -0.39 is 0 Å². The van der Waals surface area contributed by atoms with Crippen molar-refractivity contribution in [2.75, 3.05) is 25.1 Å². The Labute approximate surface area is 120 Å². The van der Waals surface area contributed by atoms with E-state index in [1.54, 1.807) is 6.07 Å². The van der Waals surface area contributed by atoms with Gasteiger partial charge in [-0.15, -0.1) is 0 Å². The van der Waals surface area contributed by atoms with Crippen LogP contribution < -0.4 is 5.32 Å². The first-order valence-corrected chi connectivity index (χ1v) is 7.40. The van der Waals surface area contributed by atoms with Crippen LogP contribution in [0.3, 0.4) is 0 Å². The van der Waals surface area contributed by atoms with E-state index in [0.29, 0.717) is 18.9 Å². The van der Waals surface area contributed by atoms with Crippen molar-refractivity contribution in [1.82, 2.24) is 0 Å². The van der Waals surface area contributed by atoms with Gasteiger partial charge >= 0.3 is 0 Å². The fourth-order valence-corrected chi connectivity index (χ4v) is 3.31. The molecule has 2 saturated heterocycles. The molecule has 3 rings (SSSR count). The molecular formula is C14H17BrFNO2. The molecule has 1 aromatic carbocycles. The Balaban J connectivity index is 1.73. The lowest BCUT2D eigenvalue weighted by Gasteiger charge is -2.37. The molecule has 0 aliphatic carbocycles. The van der Waals surface area contributed by atoms with Crippen LogP contribution in [0.5, 0.6) is 0 Å². The van der Waals surface area contributed by atoms with Crippen LogP contribution in [0.1, 0.15) is 19.3 Å². The molecule has 0 amide bonds. The SMILES string of the molecule is Fc1cccc(Br)c1NC1CCOC2(CCOC2)C1. The van der Waals surface area contributed by atoms with E-state index in [4.69, 9.17) is 9.47 Å². The fraction of sp³-hybridized carbons (Fsp3) is 0.571. The standard InChI is InChI=1S/C14H17BrFNO2/c15-11-2-1-3-12(16)13(11)17-10-4-6-19-14(8-10)5-7-18-9-14/h1-3,10,17H,4-9H2. The fourth-order valence-electron chi connectivity index (χ4n) is 2.85. The molecule has 1 N–H and O–H groups in total. The third kappa shape index (κ3) is 2.78. The highest BCUT2D eigenvalue weighted by molar-refractivity contribution is 9.10. The van der Waals surface area contributed by atoms with Crippen molar-refractivity contribution in [3.05, 3.63) is 28.5 Å². The van der Waals surface area contributed by atoms with Crippen LogP contribution in [0.25, 0.3) is 0 Å². The molecule has 104 valence electrons. The lowest BCUT2D eigenvalue weighted by molar-refractivity contribution is -0.0829. The van der Waals surface area contributed by atoms with E-state index in [2.05, 4.69) is 21.2 Å². The first-order chi connectivity index (χ1) is 9.19. The summed E-state index contributed by atoms with van der Waals surface area (Å²) in [5, 5.41) is 3.31. The van der Waals surface area contributed by atoms with Crippen molar-refractivity contribution < 1.29 is 13.9 Å². The minimum Gasteiger partial charge on any atom is -0.379 e. The number of benzene rings is 1. The normalized spacial score (nSPS) is 30.7. The molecular weight excluding hydrogens is 313 g/mol. The molecule has 19 heavy (non-hydrogen) atoms. The van der Waals surface area contributed by atoms with Crippen LogP contribution in [0.4, 0.5) is 10.1 Å². The zero-order valence-corrected chi connectivity index (χ0v) is 12.2. The summed E-state index contributed by atoms with van der Waals surface area (Å²) in [5.74, 6) is -0.224. The lowest BCUT2D eigenvalue weighted by Crippen LogP contribution is -2.45. The molecule has 2 aliphatic heterocycles. The number of hydrogen-bond donors (Lipinski definition) is 1. The van der Waals surface area contributed by atoms with E-state index >= 15 is 0 Å². The van der Waals surface area contributed by atoms with Crippen molar-refractivity contribution in [3.8, 4) is 0 Å². The Morgan fingerprint density at radius 1 is 1.37 bits per heavy atom. The molecule has 0 radical (unpaired) electrons. The molecule has 2 aliphatic rings. The summed E-state index contributed by atoms with van der Waals surface area (Å²) in [7, 11) is 0. The zero-order valence-electron chi connectivity index (χ0n) is 10.6. The van der Waals surface area contributed by atoms with E-state index in [0.717, 1.165) is 30.3 Å². The van der Waals surface area contributed by atoms with Crippen molar-refractivity contribution in [3.63, 3.8) is 0 Å². The van der Waals surface area contributed by atoms with Crippen molar-refractivity contribution in [1.29, 1.82) is 0 Å². The third-order valence-electron chi connectivity index (χ3n) is 3.87. The largest absolute Gasteiger partial charge is 0.379 e. The minimum absolute atomic E-state index is 0.159. The average molecular weight is 330 g/mol. The van der Waals surface area contributed by atoms with Gasteiger partial charge in [0.25, 0.3) is 0 Å². The van der Waals surface area contributed by atoms with Gasteiger partial charge in [-0.1, -0.05) is 6.07 Å². The Bertz CT molecular complexity index is 443. The second-order valence-electron chi connectivity index (χ2n) is 5.26. The number of nitrogens with one attached hydrogen (secondary N) is 1. The first kappa shape index (κ1) is 13.3. The van der Waals surface area contributed by atoms with Crippen LogP contribution in [0.15, 0.2) is 22.7 Å². The van der Waals surface area contributed by atoms with Gasteiger partial charge in [-0.25, -0.2) is 4.39 Å². The monoisotopic (exact) mass is 329 g/mol. The molecule has 1 spiro atoms. The van der Waals surface area contributed by atoms with Crippen LogP contribution >= 0.6 is 15.9 Å². The molecule has 3 nitrogen and oxygen atoms in total. The van der Waals surface area contributed by atoms with Crippen molar-refractivity contribution in [2.45, 2.75) is 30.9 Å². The number of anilines is 1. The van der Waals surface area contributed by atoms with Gasteiger partial charge in [0.05, 0.1) is 17.9 Å². The quantitative estimate of drug-likeness (QED) is 0.902. The van der Waals surface area contributed by atoms with Crippen LogP contribution in [-0.4, -0.2) is 31.5 Å². The highest BCUT2D eigenvalue weighted by Crippen LogP contribution is 2.35. The first-order valence-electron chi connectivity index (χ1n) is 6.61. The maximum Gasteiger partial charge on any atom is 0.147 e. The molecule has 0 saturated carbocycles. The second-order valence-corrected chi connectivity index (χ2v) is 6.12. The van der Waals surface area contributed by atoms with E-state index in [1.807, 2.05) is 6.07 Å². The number of hydrogen-bond acceptors (Lipinski definition) is 3. The number of ether oxygens (including phenoxy) is 2. The van der Waals surface area contributed by atoms with Gasteiger partial charge < -0.3 is 14.8 Å². The van der Waals surface area contributed by atoms with Gasteiger partial charge in [0.1, 0.15) is 5.82 Å². The molecule has 0 bridgehead atoms. The average Bonchev–Trinajstić information content (AvgIpc) is 2.82. The number of para-hydroxylation sites is 1. The summed E-state index contributed by atoms with van der Waals surface area (Å²) < 4.78 is 25.9. The summed E-state index contributed by atoms with van der Waals surface area (Å²) in [4.78, 5) is 0. The van der Waals surface area contributed by atoms with E-state index in [-0.39, 0.29) is 17.5 Å². The zero-order chi connectivity index (χ0) is 13.3. The maximum absolute atomic E-state index is 13.8. The van der Waals surface area contributed by atoms with Gasteiger partial charge in [0.2, 0.25) is 0 Å². The van der Waals surface area contributed by atoms with Crippen LogP contribution in [0, 0.1) is 5.82 Å². The number of rotatable bonds is 2. The summed E-state index contributed by atoms with van der Waals surface area (Å²) >= 11 is 3.39. The molecule has 0 aromatic heterocycles. The maximum atomic E-state index is 13.8. The van der Waals surface area contributed by atoms with Crippen LogP contribution in [-0.2, 0) is 9.47 Å². The minimum atomic E-state index is -0.224. The van der Waals surface area contributed by atoms with Crippen molar-refractivity contribution >= 4 is 21.6 Å². The lowest BCUT2D eigenvalue weighted by atomic mass is 9.89. The van der Waals surface area contributed by atoms with Crippen LogP contribution in [0.2, 0.25) is 0 Å². The Morgan fingerprint density at radius 3 is 3.00 bits per heavy atom. The third-order valence-corrected chi connectivity index (χ3v) is 4.53. The molecule has 2 fully saturated rings. The van der Waals surface area contributed by atoms with E-state index in [1.165, 1.54) is 6.07 Å². The molecule has 5 heteroatoms. The second kappa shape index (κ2) is 5.38.